The largest absolute Gasteiger partial charge is 0.384 e. The first kappa shape index (κ1) is 16.1. The molecule has 6 nitrogen and oxygen atoms in total. The topological polar surface area (TPSA) is 82.5 Å². The SMILES string of the molecule is CCc1cc(N)nc(-c2nn(Cc3ccccc3F)c3ncccc23)n1. The van der Waals surface area contributed by atoms with E-state index in [1.54, 1.807) is 35.1 Å². The van der Waals surface area contributed by atoms with Crippen molar-refractivity contribution in [2.24, 2.45) is 0 Å². The Morgan fingerprint density at radius 1 is 1.12 bits per heavy atom. The molecule has 0 unspecified atom stereocenters. The molecule has 0 atom stereocenters. The summed E-state index contributed by atoms with van der Waals surface area (Å²) in [6.45, 7) is 2.27. The lowest BCUT2D eigenvalue weighted by Gasteiger charge is -2.04. The fourth-order valence-corrected chi connectivity index (χ4v) is 2.88. The van der Waals surface area contributed by atoms with Crippen LogP contribution in [0.15, 0.2) is 48.7 Å². The zero-order valence-electron chi connectivity index (χ0n) is 14.2. The molecule has 3 heterocycles. The normalized spacial score (nSPS) is 11.2. The van der Waals surface area contributed by atoms with Crippen LogP contribution in [0.25, 0.3) is 22.6 Å². The van der Waals surface area contributed by atoms with Gasteiger partial charge in [-0.25, -0.2) is 24.0 Å². The Bertz CT molecular complexity index is 1090. The van der Waals surface area contributed by atoms with Crippen molar-refractivity contribution in [2.75, 3.05) is 5.73 Å². The Hall–Kier alpha value is -3.35. The number of nitrogens with zero attached hydrogens (tertiary/aromatic N) is 5. The van der Waals surface area contributed by atoms with E-state index in [0.29, 0.717) is 28.5 Å². The molecule has 0 saturated heterocycles. The molecule has 1 aromatic carbocycles. The van der Waals surface area contributed by atoms with E-state index in [-0.39, 0.29) is 12.4 Å². The molecule has 0 aliphatic heterocycles. The molecule has 26 heavy (non-hydrogen) atoms. The molecular weight excluding hydrogens is 331 g/mol. The number of aryl methyl sites for hydroxylation is 1. The number of anilines is 1. The van der Waals surface area contributed by atoms with Crippen molar-refractivity contribution in [3.05, 3.63) is 65.7 Å². The number of nitrogens with two attached hydrogens (primary N) is 1. The highest BCUT2D eigenvalue weighted by molar-refractivity contribution is 5.89. The molecule has 130 valence electrons. The quantitative estimate of drug-likeness (QED) is 0.612. The maximum Gasteiger partial charge on any atom is 0.183 e. The monoisotopic (exact) mass is 348 g/mol. The first-order chi connectivity index (χ1) is 12.7. The van der Waals surface area contributed by atoms with Crippen molar-refractivity contribution in [1.29, 1.82) is 0 Å². The third-order valence-corrected chi connectivity index (χ3v) is 4.16. The Morgan fingerprint density at radius 3 is 2.77 bits per heavy atom. The van der Waals surface area contributed by atoms with Crippen LogP contribution in [-0.2, 0) is 13.0 Å². The van der Waals surface area contributed by atoms with Crippen LogP contribution in [0.4, 0.5) is 10.2 Å². The molecule has 0 aliphatic carbocycles. The van der Waals surface area contributed by atoms with Gasteiger partial charge in [0, 0.05) is 23.5 Å². The summed E-state index contributed by atoms with van der Waals surface area (Å²) in [7, 11) is 0. The molecule has 4 aromatic rings. The first-order valence-corrected chi connectivity index (χ1v) is 8.34. The lowest BCUT2D eigenvalue weighted by atomic mass is 10.2. The highest BCUT2D eigenvalue weighted by Gasteiger charge is 2.17. The third kappa shape index (κ3) is 2.88. The van der Waals surface area contributed by atoms with Crippen molar-refractivity contribution < 1.29 is 4.39 Å². The zero-order valence-corrected chi connectivity index (χ0v) is 14.2. The summed E-state index contributed by atoms with van der Waals surface area (Å²) in [5.41, 5.74) is 8.53. The summed E-state index contributed by atoms with van der Waals surface area (Å²) >= 11 is 0. The van der Waals surface area contributed by atoms with Crippen molar-refractivity contribution in [3.63, 3.8) is 0 Å². The van der Waals surface area contributed by atoms with Crippen LogP contribution in [0, 0.1) is 5.82 Å². The summed E-state index contributed by atoms with van der Waals surface area (Å²) in [5.74, 6) is 0.571. The molecule has 0 aliphatic rings. The van der Waals surface area contributed by atoms with Crippen LogP contribution < -0.4 is 5.73 Å². The van der Waals surface area contributed by atoms with Gasteiger partial charge in [0.25, 0.3) is 0 Å². The standard InChI is InChI=1S/C19H17FN6/c1-2-13-10-16(21)24-18(23-13)17-14-7-5-9-22-19(14)26(25-17)11-12-6-3-4-8-15(12)20/h3-10H,2,11H2,1H3,(H2,21,23,24). The Balaban J connectivity index is 1.87. The van der Waals surface area contributed by atoms with E-state index in [4.69, 9.17) is 5.73 Å². The van der Waals surface area contributed by atoms with Crippen LogP contribution >= 0.6 is 0 Å². The molecule has 0 spiro atoms. The van der Waals surface area contributed by atoms with Gasteiger partial charge in [-0.2, -0.15) is 5.10 Å². The zero-order chi connectivity index (χ0) is 18.1. The number of benzene rings is 1. The van der Waals surface area contributed by atoms with Gasteiger partial charge in [0.1, 0.15) is 17.3 Å². The first-order valence-electron chi connectivity index (χ1n) is 8.34. The average Bonchev–Trinajstić information content (AvgIpc) is 3.02. The van der Waals surface area contributed by atoms with E-state index < -0.39 is 0 Å². The number of hydrogen-bond acceptors (Lipinski definition) is 5. The number of rotatable bonds is 4. The van der Waals surface area contributed by atoms with Crippen molar-refractivity contribution >= 4 is 16.9 Å². The molecular formula is C19H17FN6. The van der Waals surface area contributed by atoms with E-state index in [1.807, 2.05) is 19.1 Å². The number of halogens is 1. The number of aromatic nitrogens is 5. The van der Waals surface area contributed by atoms with Crippen molar-refractivity contribution in [2.45, 2.75) is 19.9 Å². The molecule has 0 radical (unpaired) electrons. The fraction of sp³-hybridized carbons (Fsp3) is 0.158. The van der Waals surface area contributed by atoms with Crippen LogP contribution in [0.3, 0.4) is 0 Å². The van der Waals surface area contributed by atoms with Gasteiger partial charge in [-0.1, -0.05) is 25.1 Å². The van der Waals surface area contributed by atoms with Crippen molar-refractivity contribution in [1.82, 2.24) is 24.7 Å². The van der Waals surface area contributed by atoms with Gasteiger partial charge in [-0.05, 0) is 24.6 Å². The molecule has 0 bridgehead atoms. The van der Waals surface area contributed by atoms with E-state index in [9.17, 15) is 4.39 Å². The Kier molecular flexibility index (Phi) is 4.04. The van der Waals surface area contributed by atoms with Gasteiger partial charge in [0.2, 0.25) is 0 Å². The minimum atomic E-state index is -0.276. The van der Waals surface area contributed by atoms with Gasteiger partial charge in [-0.3, -0.25) is 0 Å². The lowest BCUT2D eigenvalue weighted by Crippen LogP contribution is -2.05. The molecule has 4 rings (SSSR count). The second kappa shape index (κ2) is 6.51. The summed E-state index contributed by atoms with van der Waals surface area (Å²) in [6, 6.07) is 12.1. The van der Waals surface area contributed by atoms with Crippen LogP contribution in [0.5, 0.6) is 0 Å². The second-order valence-corrected chi connectivity index (χ2v) is 5.93. The highest BCUT2D eigenvalue weighted by atomic mass is 19.1. The lowest BCUT2D eigenvalue weighted by molar-refractivity contribution is 0.589. The fourth-order valence-electron chi connectivity index (χ4n) is 2.88. The summed E-state index contributed by atoms with van der Waals surface area (Å²) < 4.78 is 15.7. The van der Waals surface area contributed by atoms with Crippen LogP contribution in [0.2, 0.25) is 0 Å². The highest BCUT2D eigenvalue weighted by Crippen LogP contribution is 2.26. The number of hydrogen-bond donors (Lipinski definition) is 1. The molecule has 3 aromatic heterocycles. The number of fused-ring (bicyclic) bond motifs is 1. The van der Waals surface area contributed by atoms with Crippen LogP contribution in [-0.4, -0.2) is 24.7 Å². The smallest absolute Gasteiger partial charge is 0.183 e. The van der Waals surface area contributed by atoms with E-state index in [0.717, 1.165) is 17.5 Å². The average molecular weight is 348 g/mol. The predicted octanol–water partition coefficient (Wildman–Crippen LogP) is 3.22. The molecule has 0 saturated carbocycles. The number of nitrogen functional groups attached to an aromatic ring is 1. The third-order valence-electron chi connectivity index (χ3n) is 4.16. The summed E-state index contributed by atoms with van der Waals surface area (Å²) in [5, 5.41) is 5.42. The minimum absolute atomic E-state index is 0.267. The van der Waals surface area contributed by atoms with E-state index >= 15 is 0 Å². The van der Waals surface area contributed by atoms with Gasteiger partial charge >= 0.3 is 0 Å². The minimum Gasteiger partial charge on any atom is -0.384 e. The van der Waals surface area contributed by atoms with Gasteiger partial charge in [-0.15, -0.1) is 0 Å². The van der Waals surface area contributed by atoms with E-state index in [2.05, 4.69) is 20.1 Å². The van der Waals surface area contributed by atoms with Crippen molar-refractivity contribution in [3.8, 4) is 11.5 Å². The maximum atomic E-state index is 14.1. The summed E-state index contributed by atoms with van der Waals surface area (Å²) in [6.07, 6.45) is 2.43. The Morgan fingerprint density at radius 2 is 1.96 bits per heavy atom. The van der Waals surface area contributed by atoms with Gasteiger partial charge in [0.05, 0.1) is 11.9 Å². The molecule has 0 amide bonds. The van der Waals surface area contributed by atoms with Gasteiger partial charge in [0.15, 0.2) is 11.5 Å². The van der Waals surface area contributed by atoms with Gasteiger partial charge < -0.3 is 5.73 Å². The molecule has 7 heteroatoms. The van der Waals surface area contributed by atoms with E-state index in [1.165, 1.54) is 6.07 Å². The second-order valence-electron chi connectivity index (χ2n) is 5.93. The predicted molar refractivity (Wildman–Crippen MR) is 97.8 cm³/mol. The molecule has 0 fully saturated rings. The maximum absolute atomic E-state index is 14.1. The number of pyridine rings is 1. The van der Waals surface area contributed by atoms with Crippen LogP contribution in [0.1, 0.15) is 18.2 Å². The molecule has 2 N–H and O–H groups in total. The summed E-state index contributed by atoms with van der Waals surface area (Å²) in [4.78, 5) is 13.3. The Labute approximate surface area is 149 Å².